The first-order valence-corrected chi connectivity index (χ1v) is 12.8. The molecule has 0 heterocycles. The molecule has 0 bridgehead atoms. The minimum Gasteiger partial charge on any atom is -0.393 e. The van der Waals surface area contributed by atoms with E-state index in [0.29, 0.717) is 29.7 Å². The van der Waals surface area contributed by atoms with Gasteiger partial charge in [-0.15, -0.1) is 0 Å². The third-order valence-electron chi connectivity index (χ3n) is 8.98. The number of aliphatic hydroxyl groups is 2. The maximum absolute atomic E-state index is 14.0. The molecule has 3 nitrogen and oxygen atoms in total. The third kappa shape index (κ3) is 5.28. The minimum absolute atomic E-state index is 0.0505. The molecule has 32 heavy (non-hydrogen) atoms. The second-order valence-electron chi connectivity index (χ2n) is 10.9. The maximum atomic E-state index is 14.0. The topological polar surface area (TPSA) is 64.3 Å². The van der Waals surface area contributed by atoms with Crippen molar-refractivity contribution in [3.63, 3.8) is 0 Å². The molecule has 3 aliphatic carbocycles. The number of halogens is 1. The Morgan fingerprint density at radius 2 is 1.97 bits per heavy atom. The number of allylic oxidation sites excluding steroid dienone is 4. The van der Waals surface area contributed by atoms with Crippen molar-refractivity contribution in [2.75, 3.05) is 0 Å². The summed E-state index contributed by atoms with van der Waals surface area (Å²) in [5, 5.41) is 28.5. The van der Waals surface area contributed by atoms with E-state index >= 15 is 0 Å². The van der Waals surface area contributed by atoms with Gasteiger partial charge in [0.15, 0.2) is 0 Å². The van der Waals surface area contributed by atoms with Gasteiger partial charge >= 0.3 is 0 Å². The molecule has 0 radical (unpaired) electrons. The first-order chi connectivity index (χ1) is 15.1. The van der Waals surface area contributed by atoms with Crippen LogP contribution in [0.2, 0.25) is 0 Å². The van der Waals surface area contributed by atoms with Crippen LogP contribution in [0.15, 0.2) is 35.5 Å². The molecule has 3 N–H and O–H groups in total. The van der Waals surface area contributed by atoms with Crippen molar-refractivity contribution in [3.8, 4) is 0 Å². The van der Waals surface area contributed by atoms with Gasteiger partial charge in [-0.3, -0.25) is 0 Å². The van der Waals surface area contributed by atoms with Crippen molar-refractivity contribution < 1.29 is 14.6 Å². The Morgan fingerprint density at radius 3 is 2.66 bits per heavy atom. The molecule has 0 aromatic rings. The Balaban J connectivity index is 1.72. The zero-order valence-corrected chi connectivity index (χ0v) is 20.5. The molecule has 0 amide bonds. The molecule has 3 rings (SSSR count). The zero-order chi connectivity index (χ0) is 23.5. The van der Waals surface area contributed by atoms with Crippen molar-refractivity contribution in [1.29, 1.82) is 5.41 Å². The largest absolute Gasteiger partial charge is 0.393 e. The van der Waals surface area contributed by atoms with Crippen LogP contribution in [-0.4, -0.2) is 33.8 Å². The van der Waals surface area contributed by atoms with Crippen LogP contribution in [0.25, 0.3) is 0 Å². The van der Waals surface area contributed by atoms with Crippen molar-refractivity contribution in [2.45, 2.75) is 110 Å². The average Bonchev–Trinajstić information content (AvgIpc) is 3.12. The average molecular weight is 446 g/mol. The molecule has 0 aromatic carbocycles. The summed E-state index contributed by atoms with van der Waals surface area (Å²) in [7, 11) is 0. The highest BCUT2D eigenvalue weighted by atomic mass is 19.1. The van der Waals surface area contributed by atoms with Crippen LogP contribution >= 0.6 is 0 Å². The molecule has 4 heteroatoms. The first-order valence-electron chi connectivity index (χ1n) is 12.8. The fourth-order valence-corrected chi connectivity index (χ4v) is 6.74. The van der Waals surface area contributed by atoms with Gasteiger partial charge in [0.2, 0.25) is 0 Å². The fourth-order valence-electron chi connectivity index (χ4n) is 6.74. The summed E-state index contributed by atoms with van der Waals surface area (Å²) in [4.78, 5) is 0. The molecule has 6 atom stereocenters. The number of aliphatic hydroxyl groups excluding tert-OH is 1. The molecule has 3 saturated carbocycles. The Morgan fingerprint density at radius 1 is 1.25 bits per heavy atom. The summed E-state index contributed by atoms with van der Waals surface area (Å²) in [6.45, 7) is 8.91. The van der Waals surface area contributed by atoms with Gasteiger partial charge in [0.1, 0.15) is 6.17 Å². The van der Waals surface area contributed by atoms with Gasteiger partial charge in [-0.25, -0.2) is 4.39 Å². The van der Waals surface area contributed by atoms with E-state index in [-0.39, 0.29) is 17.5 Å². The Kier molecular flexibility index (Phi) is 8.20. The molecule has 180 valence electrons. The SMILES string of the molecule is CCC(O)(C=CCC(C)C1CCC2C(=CC=C3CC(O)CC(F)C3=N)CCCC21C)CC. The summed E-state index contributed by atoms with van der Waals surface area (Å²) >= 11 is 0. The molecular weight excluding hydrogens is 401 g/mol. The van der Waals surface area contributed by atoms with Gasteiger partial charge in [0, 0.05) is 12.8 Å². The molecule has 3 fully saturated rings. The summed E-state index contributed by atoms with van der Waals surface area (Å²) in [5.74, 6) is 1.79. The fraction of sp³-hybridized carbons (Fsp3) is 0.750. The molecule has 6 unspecified atom stereocenters. The van der Waals surface area contributed by atoms with Crippen molar-refractivity contribution in [3.05, 3.63) is 35.5 Å². The van der Waals surface area contributed by atoms with Gasteiger partial charge in [-0.1, -0.05) is 57.6 Å². The van der Waals surface area contributed by atoms with Gasteiger partial charge in [0.05, 0.1) is 17.4 Å². The summed E-state index contributed by atoms with van der Waals surface area (Å²) in [5.41, 5.74) is 1.77. The van der Waals surface area contributed by atoms with E-state index in [1.807, 2.05) is 26.0 Å². The highest BCUT2D eigenvalue weighted by molar-refractivity contribution is 6.02. The molecule has 0 saturated heterocycles. The first kappa shape index (κ1) is 25.4. The smallest absolute Gasteiger partial charge is 0.144 e. The van der Waals surface area contributed by atoms with Crippen LogP contribution in [0.3, 0.4) is 0 Å². The number of nitrogens with one attached hydrogen (secondary N) is 1. The second kappa shape index (κ2) is 10.3. The highest BCUT2D eigenvalue weighted by Crippen LogP contribution is 2.59. The van der Waals surface area contributed by atoms with E-state index in [9.17, 15) is 14.6 Å². The third-order valence-corrected chi connectivity index (χ3v) is 8.98. The van der Waals surface area contributed by atoms with E-state index in [1.165, 1.54) is 31.3 Å². The van der Waals surface area contributed by atoms with E-state index in [2.05, 4.69) is 26.0 Å². The van der Waals surface area contributed by atoms with E-state index in [0.717, 1.165) is 25.7 Å². The van der Waals surface area contributed by atoms with Crippen molar-refractivity contribution >= 4 is 5.71 Å². The quantitative estimate of drug-likeness (QED) is 0.382. The molecular formula is C28H44FNO2. The monoisotopic (exact) mass is 445 g/mol. The number of rotatable bonds is 7. The summed E-state index contributed by atoms with van der Waals surface area (Å²) < 4.78 is 14.0. The van der Waals surface area contributed by atoms with Gasteiger partial charge < -0.3 is 15.6 Å². The van der Waals surface area contributed by atoms with Crippen LogP contribution in [0.1, 0.15) is 91.9 Å². The molecule has 3 aliphatic rings. The van der Waals surface area contributed by atoms with Crippen LogP contribution in [0.5, 0.6) is 0 Å². The van der Waals surface area contributed by atoms with Crippen LogP contribution in [0, 0.1) is 28.6 Å². The van der Waals surface area contributed by atoms with Gasteiger partial charge in [-0.2, -0.15) is 0 Å². The Hall–Kier alpha value is -1.26. The van der Waals surface area contributed by atoms with Gasteiger partial charge in [-0.05, 0) is 80.1 Å². The van der Waals surface area contributed by atoms with E-state index < -0.39 is 17.9 Å². The summed E-state index contributed by atoms with van der Waals surface area (Å²) in [6, 6.07) is 0. The second-order valence-corrected chi connectivity index (χ2v) is 10.9. The van der Waals surface area contributed by atoms with Crippen molar-refractivity contribution in [2.24, 2.45) is 23.2 Å². The predicted molar refractivity (Wildman–Crippen MR) is 131 cm³/mol. The van der Waals surface area contributed by atoms with Crippen LogP contribution in [0.4, 0.5) is 4.39 Å². The molecule has 0 aliphatic heterocycles. The Labute approximate surface area is 194 Å². The lowest BCUT2D eigenvalue weighted by molar-refractivity contribution is 0.0813. The Bertz CT molecular complexity index is 765. The van der Waals surface area contributed by atoms with Gasteiger partial charge in [0.25, 0.3) is 0 Å². The van der Waals surface area contributed by atoms with Crippen molar-refractivity contribution in [1.82, 2.24) is 0 Å². The predicted octanol–water partition coefficient (Wildman–Crippen LogP) is 6.70. The lowest BCUT2D eigenvalue weighted by atomic mass is 9.61. The van der Waals surface area contributed by atoms with E-state index in [4.69, 9.17) is 5.41 Å². The standard InChI is InChI=1S/C28H44FNO2/c1-5-28(32,6-2)16-7-9-19(3)23-13-14-24-20(10-8-15-27(23,24)4)11-12-21-17-22(31)18-25(29)26(21)30/h7,11-12,16,19,22-25,30-32H,5-6,8-10,13-15,17-18H2,1-4H3. The van der Waals surface area contributed by atoms with E-state index in [1.54, 1.807) is 0 Å². The summed E-state index contributed by atoms with van der Waals surface area (Å²) in [6.07, 6.45) is 15.2. The molecule has 0 aromatic heterocycles. The normalized spacial score (nSPS) is 37.4. The zero-order valence-electron chi connectivity index (χ0n) is 20.5. The van der Waals surface area contributed by atoms with Crippen LogP contribution in [-0.2, 0) is 0 Å². The number of hydrogen-bond donors (Lipinski definition) is 3. The lowest BCUT2D eigenvalue weighted by Gasteiger charge is -2.44. The maximum Gasteiger partial charge on any atom is 0.144 e. The minimum atomic E-state index is -1.34. The highest BCUT2D eigenvalue weighted by Gasteiger charge is 2.50. The number of alkyl halides is 1. The lowest BCUT2D eigenvalue weighted by Crippen LogP contribution is -2.36. The van der Waals surface area contributed by atoms with Crippen LogP contribution < -0.4 is 0 Å². The number of hydrogen-bond acceptors (Lipinski definition) is 3. The number of fused-ring (bicyclic) bond motifs is 1. The molecule has 0 spiro atoms.